The van der Waals surface area contributed by atoms with Gasteiger partial charge in [0.05, 0.1) is 17.6 Å². The third kappa shape index (κ3) is 1.46. The van der Waals surface area contributed by atoms with Crippen molar-refractivity contribution in [3.63, 3.8) is 0 Å². The average molecular weight is 216 g/mol. The van der Waals surface area contributed by atoms with Crippen molar-refractivity contribution >= 4 is 11.3 Å². The second-order valence-electron chi connectivity index (χ2n) is 3.07. The molecule has 3 heterocycles. The molecule has 0 radical (unpaired) electrons. The summed E-state index contributed by atoms with van der Waals surface area (Å²) in [6.45, 7) is 0. The zero-order valence-electron chi connectivity index (χ0n) is 7.77. The minimum absolute atomic E-state index is 0.814. The van der Waals surface area contributed by atoms with E-state index in [1.54, 1.807) is 17.5 Å². The van der Waals surface area contributed by atoms with Crippen LogP contribution in [0.4, 0.5) is 0 Å². The van der Waals surface area contributed by atoms with E-state index in [0.29, 0.717) is 0 Å². The van der Waals surface area contributed by atoms with Crippen LogP contribution in [-0.4, -0.2) is 19.9 Å². The van der Waals surface area contributed by atoms with Gasteiger partial charge in [0.15, 0.2) is 10.8 Å². The third-order valence-corrected chi connectivity index (χ3v) is 2.88. The molecular formula is C10H8N4S. The van der Waals surface area contributed by atoms with Crippen LogP contribution in [-0.2, 0) is 0 Å². The van der Waals surface area contributed by atoms with Crippen molar-refractivity contribution in [3.8, 4) is 22.2 Å². The van der Waals surface area contributed by atoms with Crippen LogP contribution in [0.15, 0.2) is 36.1 Å². The zero-order valence-corrected chi connectivity index (χ0v) is 8.58. The maximum Gasteiger partial charge on any atom is 0.167 e. The number of aromatic amines is 2. The first-order valence-corrected chi connectivity index (χ1v) is 5.40. The molecule has 4 nitrogen and oxygen atoms in total. The first kappa shape index (κ1) is 8.43. The SMILES string of the molecule is c1c[nH]c(-c2cnc(-c3nccs3)[nH]2)c1. The van der Waals surface area contributed by atoms with Crippen LogP contribution in [0.5, 0.6) is 0 Å². The molecule has 0 aliphatic rings. The van der Waals surface area contributed by atoms with Gasteiger partial charge >= 0.3 is 0 Å². The summed E-state index contributed by atoms with van der Waals surface area (Å²) in [7, 11) is 0. The van der Waals surface area contributed by atoms with Gasteiger partial charge in [-0.25, -0.2) is 9.97 Å². The second-order valence-corrected chi connectivity index (χ2v) is 3.96. The number of thiazole rings is 1. The van der Waals surface area contributed by atoms with Gasteiger partial charge in [-0.3, -0.25) is 0 Å². The van der Waals surface area contributed by atoms with Crippen LogP contribution in [0.1, 0.15) is 0 Å². The molecule has 3 rings (SSSR count). The molecule has 5 heteroatoms. The molecule has 3 aromatic rings. The number of H-pyrrole nitrogens is 2. The average Bonchev–Trinajstić information content (AvgIpc) is 3.02. The molecule has 0 bridgehead atoms. The van der Waals surface area contributed by atoms with Crippen LogP contribution in [0.25, 0.3) is 22.2 Å². The summed E-state index contributed by atoms with van der Waals surface area (Å²) in [5, 5.41) is 2.85. The maximum absolute atomic E-state index is 4.29. The molecular weight excluding hydrogens is 208 g/mol. The largest absolute Gasteiger partial charge is 0.360 e. The summed E-state index contributed by atoms with van der Waals surface area (Å²) in [6.07, 6.45) is 5.47. The minimum Gasteiger partial charge on any atom is -0.360 e. The Bertz CT molecular complexity index is 487. The molecule has 0 aliphatic carbocycles. The smallest absolute Gasteiger partial charge is 0.167 e. The van der Waals surface area contributed by atoms with Gasteiger partial charge in [-0.15, -0.1) is 11.3 Å². The standard InChI is InChI=1S/C10H8N4S/c1-2-7(11-3-1)8-6-13-9(14-8)10-12-4-5-15-10/h1-6,11H,(H,13,14). The molecule has 0 atom stereocenters. The van der Waals surface area contributed by atoms with Gasteiger partial charge in [-0.1, -0.05) is 0 Å². The molecule has 0 aromatic carbocycles. The molecule has 3 aromatic heterocycles. The fraction of sp³-hybridized carbons (Fsp3) is 0. The van der Waals surface area contributed by atoms with Gasteiger partial charge < -0.3 is 9.97 Å². The lowest BCUT2D eigenvalue weighted by Gasteiger charge is -1.90. The quantitative estimate of drug-likeness (QED) is 0.691. The highest BCUT2D eigenvalue weighted by Gasteiger charge is 2.06. The van der Waals surface area contributed by atoms with Crippen LogP contribution in [0.2, 0.25) is 0 Å². The summed E-state index contributed by atoms with van der Waals surface area (Å²) < 4.78 is 0. The van der Waals surface area contributed by atoms with Crippen molar-refractivity contribution in [1.29, 1.82) is 0 Å². The van der Waals surface area contributed by atoms with Gasteiger partial charge in [-0.2, -0.15) is 0 Å². The molecule has 0 spiro atoms. The summed E-state index contributed by atoms with van der Waals surface area (Å²) in [5.74, 6) is 0.814. The second kappa shape index (κ2) is 3.36. The topological polar surface area (TPSA) is 57.4 Å². The Morgan fingerprint density at radius 3 is 2.93 bits per heavy atom. The van der Waals surface area contributed by atoms with Crippen LogP contribution < -0.4 is 0 Å². The lowest BCUT2D eigenvalue weighted by molar-refractivity contribution is 1.26. The minimum atomic E-state index is 0.814. The summed E-state index contributed by atoms with van der Waals surface area (Å²) in [6, 6.07) is 3.96. The molecule has 0 unspecified atom stereocenters. The van der Waals surface area contributed by atoms with E-state index in [1.165, 1.54) is 0 Å². The molecule has 0 fully saturated rings. The first-order valence-electron chi connectivity index (χ1n) is 4.52. The Kier molecular flexibility index (Phi) is 1.89. The molecule has 0 saturated carbocycles. The van der Waals surface area contributed by atoms with E-state index >= 15 is 0 Å². The van der Waals surface area contributed by atoms with Gasteiger partial charge in [-0.05, 0) is 12.1 Å². The van der Waals surface area contributed by atoms with E-state index < -0.39 is 0 Å². The Morgan fingerprint density at radius 2 is 2.20 bits per heavy atom. The molecule has 15 heavy (non-hydrogen) atoms. The Balaban J connectivity index is 2.02. The van der Waals surface area contributed by atoms with Crippen LogP contribution in [0.3, 0.4) is 0 Å². The van der Waals surface area contributed by atoms with Crippen molar-refractivity contribution in [3.05, 3.63) is 36.1 Å². The lowest BCUT2D eigenvalue weighted by atomic mass is 10.3. The molecule has 0 amide bonds. The number of nitrogens with zero attached hydrogens (tertiary/aromatic N) is 2. The molecule has 2 N–H and O–H groups in total. The van der Waals surface area contributed by atoms with E-state index in [1.807, 2.05) is 29.9 Å². The van der Waals surface area contributed by atoms with Crippen molar-refractivity contribution in [2.45, 2.75) is 0 Å². The Hall–Kier alpha value is -1.88. The number of rotatable bonds is 2. The predicted octanol–water partition coefficient (Wildman–Crippen LogP) is 2.53. The lowest BCUT2D eigenvalue weighted by Crippen LogP contribution is -1.79. The summed E-state index contributed by atoms with van der Waals surface area (Å²) in [5.41, 5.74) is 2.01. The predicted molar refractivity (Wildman–Crippen MR) is 59.5 cm³/mol. The normalized spacial score (nSPS) is 10.7. The highest BCUT2D eigenvalue weighted by atomic mass is 32.1. The zero-order chi connectivity index (χ0) is 10.1. The van der Waals surface area contributed by atoms with Gasteiger partial charge in [0.2, 0.25) is 0 Å². The molecule has 74 valence electrons. The summed E-state index contributed by atoms with van der Waals surface area (Å²) in [4.78, 5) is 14.8. The Morgan fingerprint density at radius 1 is 1.20 bits per heavy atom. The summed E-state index contributed by atoms with van der Waals surface area (Å²) >= 11 is 1.57. The monoisotopic (exact) mass is 216 g/mol. The van der Waals surface area contributed by atoms with E-state index in [2.05, 4.69) is 19.9 Å². The number of nitrogens with one attached hydrogen (secondary N) is 2. The van der Waals surface area contributed by atoms with Crippen LogP contribution >= 0.6 is 11.3 Å². The first-order chi connectivity index (χ1) is 7.43. The maximum atomic E-state index is 4.29. The molecule has 0 aliphatic heterocycles. The van der Waals surface area contributed by atoms with Crippen molar-refractivity contribution in [1.82, 2.24) is 19.9 Å². The van der Waals surface area contributed by atoms with E-state index in [-0.39, 0.29) is 0 Å². The number of aromatic nitrogens is 4. The van der Waals surface area contributed by atoms with E-state index in [0.717, 1.165) is 22.2 Å². The van der Waals surface area contributed by atoms with E-state index in [4.69, 9.17) is 0 Å². The number of hydrogen-bond acceptors (Lipinski definition) is 3. The molecule has 0 saturated heterocycles. The number of imidazole rings is 1. The van der Waals surface area contributed by atoms with Crippen LogP contribution in [0, 0.1) is 0 Å². The highest BCUT2D eigenvalue weighted by molar-refractivity contribution is 7.13. The Labute approximate surface area is 90.0 Å². The van der Waals surface area contributed by atoms with Crippen molar-refractivity contribution in [2.24, 2.45) is 0 Å². The third-order valence-electron chi connectivity index (χ3n) is 2.10. The number of hydrogen-bond donors (Lipinski definition) is 2. The van der Waals surface area contributed by atoms with Crippen molar-refractivity contribution < 1.29 is 0 Å². The highest BCUT2D eigenvalue weighted by Crippen LogP contribution is 2.21. The van der Waals surface area contributed by atoms with E-state index in [9.17, 15) is 0 Å². The van der Waals surface area contributed by atoms with Gasteiger partial charge in [0, 0.05) is 17.8 Å². The van der Waals surface area contributed by atoms with Crippen molar-refractivity contribution in [2.75, 3.05) is 0 Å². The fourth-order valence-corrected chi connectivity index (χ4v) is 1.99. The van der Waals surface area contributed by atoms with Gasteiger partial charge in [0.1, 0.15) is 0 Å². The van der Waals surface area contributed by atoms with Gasteiger partial charge in [0.25, 0.3) is 0 Å². The fourth-order valence-electron chi connectivity index (χ4n) is 1.41.